The molecule has 27 heavy (non-hydrogen) atoms. The van der Waals surface area contributed by atoms with Gasteiger partial charge in [-0.2, -0.15) is 4.31 Å². The third-order valence-corrected chi connectivity index (χ3v) is 7.42. The highest BCUT2D eigenvalue weighted by atomic mass is 32.2. The molecule has 2 saturated heterocycles. The Morgan fingerprint density at radius 1 is 1.15 bits per heavy atom. The van der Waals surface area contributed by atoms with Crippen molar-refractivity contribution in [1.29, 1.82) is 0 Å². The topological polar surface area (TPSA) is 90.0 Å². The molecule has 2 heterocycles. The summed E-state index contributed by atoms with van der Waals surface area (Å²) in [5, 5.41) is 2.56. The molecule has 0 aromatic heterocycles. The minimum atomic E-state index is -3.49. The van der Waals surface area contributed by atoms with Gasteiger partial charge in [-0.3, -0.25) is 14.5 Å². The van der Waals surface area contributed by atoms with Crippen LogP contribution in [0.3, 0.4) is 0 Å². The van der Waals surface area contributed by atoms with Gasteiger partial charge >= 0.3 is 0 Å². The molecule has 0 unspecified atom stereocenters. The van der Waals surface area contributed by atoms with E-state index in [0.29, 0.717) is 18.8 Å². The Morgan fingerprint density at radius 2 is 1.78 bits per heavy atom. The SMILES string of the molecule is CNC(=O)[C@@H]1C[C@@]2(C[C@@H]2C(=O)N2CCN(CC(C)C)CC2)CN1S(C)(=O)=O. The van der Waals surface area contributed by atoms with Gasteiger partial charge in [-0.25, -0.2) is 8.42 Å². The molecule has 0 aromatic carbocycles. The largest absolute Gasteiger partial charge is 0.358 e. The van der Waals surface area contributed by atoms with Crippen molar-refractivity contribution in [2.24, 2.45) is 17.3 Å². The van der Waals surface area contributed by atoms with Crippen LogP contribution in [-0.2, 0) is 19.6 Å². The molecule has 0 bridgehead atoms. The molecule has 1 aliphatic carbocycles. The minimum Gasteiger partial charge on any atom is -0.358 e. The smallest absolute Gasteiger partial charge is 0.238 e. The van der Waals surface area contributed by atoms with Crippen LogP contribution >= 0.6 is 0 Å². The maximum Gasteiger partial charge on any atom is 0.238 e. The molecule has 1 spiro atoms. The zero-order valence-corrected chi connectivity index (χ0v) is 17.6. The van der Waals surface area contributed by atoms with E-state index >= 15 is 0 Å². The number of hydrogen-bond acceptors (Lipinski definition) is 5. The lowest BCUT2D eigenvalue weighted by Gasteiger charge is -2.36. The van der Waals surface area contributed by atoms with Crippen molar-refractivity contribution >= 4 is 21.8 Å². The molecule has 1 N–H and O–H groups in total. The second-order valence-corrected chi connectivity index (χ2v) is 10.7. The number of carbonyl (C=O) groups excluding carboxylic acids is 2. The van der Waals surface area contributed by atoms with E-state index in [0.717, 1.165) is 39.0 Å². The molecule has 8 nitrogen and oxygen atoms in total. The molecule has 0 aromatic rings. The van der Waals surface area contributed by atoms with Gasteiger partial charge in [0, 0.05) is 52.2 Å². The average molecular weight is 401 g/mol. The van der Waals surface area contributed by atoms with E-state index < -0.39 is 16.1 Å². The van der Waals surface area contributed by atoms with E-state index in [9.17, 15) is 18.0 Å². The van der Waals surface area contributed by atoms with E-state index in [2.05, 4.69) is 24.1 Å². The van der Waals surface area contributed by atoms with E-state index in [1.807, 2.05) is 4.90 Å². The number of hydrogen-bond donors (Lipinski definition) is 1. The van der Waals surface area contributed by atoms with Gasteiger partial charge < -0.3 is 10.2 Å². The van der Waals surface area contributed by atoms with E-state index in [1.165, 1.54) is 11.4 Å². The lowest BCUT2D eigenvalue weighted by molar-refractivity contribution is -0.135. The normalized spacial score (nSPS) is 32.3. The van der Waals surface area contributed by atoms with Crippen molar-refractivity contribution in [3.8, 4) is 0 Å². The van der Waals surface area contributed by atoms with E-state index in [1.54, 1.807) is 0 Å². The summed E-state index contributed by atoms with van der Waals surface area (Å²) in [4.78, 5) is 29.5. The van der Waals surface area contributed by atoms with Crippen LogP contribution in [-0.4, -0.2) is 93.0 Å². The third-order valence-electron chi connectivity index (χ3n) is 6.19. The fraction of sp³-hybridized carbons (Fsp3) is 0.889. The van der Waals surface area contributed by atoms with Crippen LogP contribution in [0.5, 0.6) is 0 Å². The Bertz CT molecular complexity index is 702. The maximum absolute atomic E-state index is 13.0. The summed E-state index contributed by atoms with van der Waals surface area (Å²) in [5.41, 5.74) is -0.369. The predicted molar refractivity (Wildman–Crippen MR) is 102 cm³/mol. The Kier molecular flexibility index (Phi) is 5.58. The van der Waals surface area contributed by atoms with Crippen molar-refractivity contribution in [3.63, 3.8) is 0 Å². The van der Waals surface area contributed by atoms with Crippen molar-refractivity contribution in [2.75, 3.05) is 52.6 Å². The monoisotopic (exact) mass is 400 g/mol. The van der Waals surface area contributed by atoms with Gasteiger partial charge in [-0.05, 0) is 24.2 Å². The summed E-state index contributed by atoms with van der Waals surface area (Å²) in [6.45, 7) is 8.95. The van der Waals surface area contributed by atoms with Crippen LogP contribution in [0.15, 0.2) is 0 Å². The quantitative estimate of drug-likeness (QED) is 0.677. The molecular formula is C18H32N4O4S. The maximum atomic E-state index is 13.0. The molecule has 2 aliphatic heterocycles. The number of likely N-dealkylation sites (N-methyl/N-ethyl adjacent to an activating group) is 1. The molecule has 154 valence electrons. The molecule has 3 fully saturated rings. The second-order valence-electron chi connectivity index (χ2n) is 8.78. The fourth-order valence-electron chi connectivity index (χ4n) is 4.70. The van der Waals surface area contributed by atoms with Crippen LogP contribution in [0.1, 0.15) is 26.7 Å². The standard InChI is InChI=1S/C18H32N4O4S/c1-13(2)11-20-5-7-21(8-6-20)17(24)14-9-18(14)10-15(16(23)19-3)22(12-18)27(4,25)26/h13-15H,5-12H2,1-4H3,(H,19,23)/t14-,15+,18+/m1/s1. The first-order valence-corrected chi connectivity index (χ1v) is 11.6. The Balaban J connectivity index is 1.63. The van der Waals surface area contributed by atoms with Gasteiger partial charge in [0.05, 0.1) is 6.26 Å². The van der Waals surface area contributed by atoms with E-state index in [-0.39, 0.29) is 29.7 Å². The summed E-state index contributed by atoms with van der Waals surface area (Å²) in [7, 11) is -1.98. The highest BCUT2D eigenvalue weighted by Crippen LogP contribution is 2.61. The highest BCUT2D eigenvalue weighted by molar-refractivity contribution is 7.88. The number of sulfonamides is 1. The number of amides is 2. The number of carbonyl (C=O) groups is 2. The van der Waals surface area contributed by atoms with Gasteiger partial charge in [0.2, 0.25) is 21.8 Å². The number of piperazine rings is 1. The van der Waals surface area contributed by atoms with Gasteiger partial charge in [-0.1, -0.05) is 13.8 Å². The summed E-state index contributed by atoms with van der Waals surface area (Å²) in [5.74, 6) is 0.289. The summed E-state index contributed by atoms with van der Waals surface area (Å²) in [6.07, 6.45) is 2.25. The van der Waals surface area contributed by atoms with Crippen LogP contribution < -0.4 is 5.32 Å². The van der Waals surface area contributed by atoms with Crippen LogP contribution in [0.4, 0.5) is 0 Å². The summed E-state index contributed by atoms with van der Waals surface area (Å²) >= 11 is 0. The average Bonchev–Trinajstić information content (AvgIpc) is 3.13. The van der Waals surface area contributed by atoms with Crippen LogP contribution in [0.2, 0.25) is 0 Å². The molecule has 3 rings (SSSR count). The van der Waals surface area contributed by atoms with Gasteiger partial charge in [0.1, 0.15) is 6.04 Å². The van der Waals surface area contributed by atoms with Gasteiger partial charge in [0.25, 0.3) is 0 Å². The molecule has 9 heteroatoms. The number of nitrogens with one attached hydrogen (secondary N) is 1. The Morgan fingerprint density at radius 3 is 2.30 bits per heavy atom. The molecule has 2 amide bonds. The first-order chi connectivity index (χ1) is 12.6. The van der Waals surface area contributed by atoms with Crippen LogP contribution in [0, 0.1) is 17.3 Å². The number of rotatable bonds is 5. The zero-order valence-electron chi connectivity index (χ0n) is 16.8. The summed E-state index contributed by atoms with van der Waals surface area (Å²) in [6, 6.07) is -0.703. The van der Waals surface area contributed by atoms with Crippen molar-refractivity contribution in [3.05, 3.63) is 0 Å². The number of nitrogens with zero attached hydrogens (tertiary/aromatic N) is 3. The predicted octanol–water partition coefficient (Wildman–Crippen LogP) is -0.427. The summed E-state index contributed by atoms with van der Waals surface area (Å²) < 4.78 is 25.5. The van der Waals surface area contributed by atoms with E-state index in [4.69, 9.17) is 0 Å². The highest BCUT2D eigenvalue weighted by Gasteiger charge is 2.66. The fourth-order valence-corrected chi connectivity index (χ4v) is 5.82. The second kappa shape index (κ2) is 7.33. The minimum absolute atomic E-state index is 0.130. The zero-order chi connectivity index (χ0) is 20.0. The molecule has 1 saturated carbocycles. The Hall–Kier alpha value is -1.19. The van der Waals surface area contributed by atoms with Crippen molar-refractivity contribution in [1.82, 2.24) is 19.4 Å². The molecule has 0 radical (unpaired) electrons. The molecule has 3 aliphatic rings. The lowest BCUT2D eigenvalue weighted by atomic mass is 9.98. The molecular weight excluding hydrogens is 368 g/mol. The molecule has 3 atom stereocenters. The first-order valence-electron chi connectivity index (χ1n) is 9.77. The van der Waals surface area contributed by atoms with Crippen molar-refractivity contribution in [2.45, 2.75) is 32.7 Å². The van der Waals surface area contributed by atoms with Crippen molar-refractivity contribution < 1.29 is 18.0 Å². The van der Waals surface area contributed by atoms with Gasteiger partial charge in [-0.15, -0.1) is 0 Å². The lowest BCUT2D eigenvalue weighted by Crippen LogP contribution is -2.50. The third kappa shape index (κ3) is 4.14. The Labute approximate surface area is 162 Å². The van der Waals surface area contributed by atoms with Gasteiger partial charge in [0.15, 0.2) is 0 Å². The first kappa shape index (κ1) is 20.5. The van der Waals surface area contributed by atoms with Crippen LogP contribution in [0.25, 0.3) is 0 Å².